The summed E-state index contributed by atoms with van der Waals surface area (Å²) in [5.74, 6) is -0.387. The van der Waals surface area contributed by atoms with Crippen LogP contribution in [0.4, 0.5) is 0 Å². The highest BCUT2D eigenvalue weighted by Crippen LogP contribution is 2.17. The highest BCUT2D eigenvalue weighted by Gasteiger charge is 2.24. The Hall–Kier alpha value is -1.86. The number of hydrogen-bond acceptors (Lipinski definition) is 3. The number of carbonyl (C=O) groups excluding carboxylic acids is 1. The van der Waals surface area contributed by atoms with E-state index in [9.17, 15) is 10.1 Å². The standard InChI is InChI=1S/C16H21N3O/c1-2-19-9-8-13(12-19)11-18-16(20)15(10-17)14-6-4-3-5-7-14/h3-7,13,15H,2,8-9,11-12H2,1H3,(H,18,20). The number of amides is 1. The molecule has 0 spiro atoms. The van der Waals surface area contributed by atoms with Crippen molar-refractivity contribution in [3.8, 4) is 6.07 Å². The van der Waals surface area contributed by atoms with Crippen LogP contribution < -0.4 is 5.32 Å². The van der Waals surface area contributed by atoms with Gasteiger partial charge in [-0.3, -0.25) is 4.79 Å². The molecule has 1 N–H and O–H groups in total. The van der Waals surface area contributed by atoms with Crippen molar-refractivity contribution in [2.45, 2.75) is 19.3 Å². The van der Waals surface area contributed by atoms with Gasteiger partial charge in [-0.05, 0) is 31.0 Å². The zero-order chi connectivity index (χ0) is 14.4. The zero-order valence-electron chi connectivity index (χ0n) is 11.9. The van der Waals surface area contributed by atoms with Gasteiger partial charge in [-0.15, -0.1) is 0 Å². The Balaban J connectivity index is 1.87. The largest absolute Gasteiger partial charge is 0.354 e. The molecule has 2 atom stereocenters. The van der Waals surface area contributed by atoms with Crippen LogP contribution in [0.15, 0.2) is 30.3 Å². The van der Waals surface area contributed by atoms with Crippen LogP contribution in [0, 0.1) is 17.2 Å². The first-order valence-electron chi connectivity index (χ1n) is 7.19. The lowest BCUT2D eigenvalue weighted by Gasteiger charge is -2.15. The summed E-state index contributed by atoms with van der Waals surface area (Å²) in [5, 5.41) is 12.1. The molecule has 1 fully saturated rings. The molecule has 0 bridgehead atoms. The second-order valence-corrected chi connectivity index (χ2v) is 5.27. The third kappa shape index (κ3) is 3.58. The van der Waals surface area contributed by atoms with Crippen LogP contribution in [0.25, 0.3) is 0 Å². The second-order valence-electron chi connectivity index (χ2n) is 5.27. The van der Waals surface area contributed by atoms with E-state index in [2.05, 4.69) is 23.2 Å². The first kappa shape index (κ1) is 14.5. The predicted octanol–water partition coefficient (Wildman–Crippen LogP) is 1.75. The highest BCUT2D eigenvalue weighted by atomic mass is 16.1. The Morgan fingerprint density at radius 1 is 1.50 bits per heavy atom. The van der Waals surface area contributed by atoms with E-state index in [1.807, 2.05) is 30.3 Å². The monoisotopic (exact) mass is 271 g/mol. The van der Waals surface area contributed by atoms with Crippen LogP contribution >= 0.6 is 0 Å². The molecule has 1 aliphatic rings. The lowest BCUT2D eigenvalue weighted by molar-refractivity contribution is -0.121. The maximum atomic E-state index is 12.1. The highest BCUT2D eigenvalue weighted by molar-refractivity contribution is 5.86. The molecule has 0 aromatic heterocycles. The number of nitrogens with one attached hydrogen (secondary N) is 1. The molecule has 0 radical (unpaired) electrons. The maximum Gasteiger partial charge on any atom is 0.241 e. The normalized spacial score (nSPS) is 20.3. The summed E-state index contributed by atoms with van der Waals surface area (Å²) in [6, 6.07) is 11.3. The van der Waals surface area contributed by atoms with E-state index in [-0.39, 0.29) is 5.91 Å². The fourth-order valence-corrected chi connectivity index (χ4v) is 2.64. The van der Waals surface area contributed by atoms with Gasteiger partial charge in [-0.25, -0.2) is 0 Å². The van der Waals surface area contributed by atoms with Crippen LogP contribution in [0.5, 0.6) is 0 Å². The average molecular weight is 271 g/mol. The Morgan fingerprint density at radius 3 is 2.85 bits per heavy atom. The molecule has 4 nitrogen and oxygen atoms in total. The van der Waals surface area contributed by atoms with E-state index in [4.69, 9.17) is 0 Å². The molecular weight excluding hydrogens is 250 g/mol. The van der Waals surface area contributed by atoms with E-state index in [1.54, 1.807) is 0 Å². The van der Waals surface area contributed by atoms with Gasteiger partial charge in [0.25, 0.3) is 0 Å². The van der Waals surface area contributed by atoms with Gasteiger partial charge in [0.1, 0.15) is 5.92 Å². The Labute approximate surface area is 120 Å². The zero-order valence-corrected chi connectivity index (χ0v) is 11.9. The summed E-state index contributed by atoms with van der Waals surface area (Å²) >= 11 is 0. The molecule has 1 aromatic carbocycles. The fourth-order valence-electron chi connectivity index (χ4n) is 2.64. The first-order valence-corrected chi connectivity index (χ1v) is 7.19. The minimum Gasteiger partial charge on any atom is -0.354 e. The van der Waals surface area contributed by atoms with Gasteiger partial charge in [0, 0.05) is 13.1 Å². The van der Waals surface area contributed by atoms with Crippen molar-refractivity contribution in [3.05, 3.63) is 35.9 Å². The number of nitrogens with zero attached hydrogens (tertiary/aromatic N) is 2. The van der Waals surface area contributed by atoms with E-state index in [1.165, 1.54) is 0 Å². The summed E-state index contributed by atoms with van der Waals surface area (Å²) in [5.41, 5.74) is 0.758. The minimum atomic E-state index is -0.708. The van der Waals surface area contributed by atoms with Crippen molar-refractivity contribution in [3.63, 3.8) is 0 Å². The van der Waals surface area contributed by atoms with Gasteiger partial charge in [0.15, 0.2) is 0 Å². The molecule has 1 amide bonds. The number of benzene rings is 1. The molecule has 20 heavy (non-hydrogen) atoms. The van der Waals surface area contributed by atoms with Crippen molar-refractivity contribution in [2.75, 3.05) is 26.2 Å². The third-order valence-electron chi connectivity index (χ3n) is 3.91. The van der Waals surface area contributed by atoms with Crippen LogP contribution in [0.2, 0.25) is 0 Å². The molecule has 0 aliphatic carbocycles. The van der Waals surface area contributed by atoms with Crippen molar-refractivity contribution in [1.29, 1.82) is 5.26 Å². The molecule has 1 saturated heterocycles. The molecule has 106 valence electrons. The summed E-state index contributed by atoms with van der Waals surface area (Å²) in [7, 11) is 0. The van der Waals surface area contributed by atoms with E-state index < -0.39 is 5.92 Å². The van der Waals surface area contributed by atoms with Crippen molar-refractivity contribution < 1.29 is 4.79 Å². The molecule has 2 rings (SSSR count). The third-order valence-corrected chi connectivity index (χ3v) is 3.91. The molecule has 4 heteroatoms. The molecule has 2 unspecified atom stereocenters. The van der Waals surface area contributed by atoms with E-state index in [0.29, 0.717) is 12.5 Å². The topological polar surface area (TPSA) is 56.1 Å². The lowest BCUT2D eigenvalue weighted by atomic mass is 9.99. The van der Waals surface area contributed by atoms with Gasteiger partial charge >= 0.3 is 0 Å². The van der Waals surface area contributed by atoms with Gasteiger partial charge in [-0.2, -0.15) is 5.26 Å². The second kappa shape index (κ2) is 7.06. The Morgan fingerprint density at radius 2 is 2.25 bits per heavy atom. The van der Waals surface area contributed by atoms with Gasteiger partial charge in [0.2, 0.25) is 5.91 Å². The van der Waals surface area contributed by atoms with Gasteiger partial charge in [0.05, 0.1) is 6.07 Å². The summed E-state index contributed by atoms with van der Waals surface area (Å²) in [4.78, 5) is 14.5. The van der Waals surface area contributed by atoms with Gasteiger partial charge in [-0.1, -0.05) is 37.3 Å². The number of nitriles is 1. The van der Waals surface area contributed by atoms with Crippen LogP contribution in [0.3, 0.4) is 0 Å². The molecule has 1 heterocycles. The fraction of sp³-hybridized carbons (Fsp3) is 0.500. The summed E-state index contributed by atoms with van der Waals surface area (Å²) < 4.78 is 0. The number of carbonyl (C=O) groups is 1. The quantitative estimate of drug-likeness (QED) is 0.887. The van der Waals surface area contributed by atoms with Gasteiger partial charge < -0.3 is 10.2 Å². The minimum absolute atomic E-state index is 0.186. The van der Waals surface area contributed by atoms with Crippen LogP contribution in [-0.4, -0.2) is 37.0 Å². The molecule has 1 aliphatic heterocycles. The smallest absolute Gasteiger partial charge is 0.241 e. The molecule has 1 aromatic rings. The van der Waals surface area contributed by atoms with Crippen LogP contribution in [-0.2, 0) is 4.79 Å². The SMILES string of the molecule is CCN1CCC(CNC(=O)C(C#N)c2ccccc2)C1. The number of rotatable bonds is 5. The Kier molecular flexibility index (Phi) is 5.14. The lowest BCUT2D eigenvalue weighted by Crippen LogP contribution is -2.34. The molecular formula is C16H21N3O. The summed E-state index contributed by atoms with van der Waals surface area (Å²) in [6.45, 7) is 6.04. The molecule has 0 saturated carbocycles. The van der Waals surface area contributed by atoms with E-state index in [0.717, 1.165) is 31.6 Å². The maximum absolute atomic E-state index is 12.1. The van der Waals surface area contributed by atoms with E-state index >= 15 is 0 Å². The van der Waals surface area contributed by atoms with Crippen molar-refractivity contribution in [1.82, 2.24) is 10.2 Å². The van der Waals surface area contributed by atoms with Crippen molar-refractivity contribution >= 4 is 5.91 Å². The number of likely N-dealkylation sites (tertiary alicyclic amines) is 1. The Bertz CT molecular complexity index is 480. The predicted molar refractivity (Wildman–Crippen MR) is 78.0 cm³/mol. The van der Waals surface area contributed by atoms with Crippen molar-refractivity contribution in [2.24, 2.45) is 5.92 Å². The van der Waals surface area contributed by atoms with Crippen LogP contribution in [0.1, 0.15) is 24.8 Å². The number of hydrogen-bond donors (Lipinski definition) is 1. The summed E-state index contributed by atoms with van der Waals surface area (Å²) in [6.07, 6.45) is 1.12. The first-order chi connectivity index (χ1) is 9.74. The average Bonchev–Trinajstić information content (AvgIpc) is 2.95.